The standard InChI is InChI=1S/C17H28N2O2/c1-13-6-10-19(11-7-13)17(21)15-12-14(15)16(20)18-8-4-2-3-5-9-18/h13-15H,2-12H2,1H3. The molecule has 0 radical (unpaired) electrons. The van der Waals surface area contributed by atoms with Crippen LogP contribution in [0.1, 0.15) is 51.9 Å². The second-order valence-corrected chi connectivity index (χ2v) is 7.20. The second kappa shape index (κ2) is 6.37. The van der Waals surface area contributed by atoms with Crippen LogP contribution in [0.5, 0.6) is 0 Å². The molecule has 0 aromatic heterocycles. The van der Waals surface area contributed by atoms with Crippen molar-refractivity contribution in [1.82, 2.24) is 9.80 Å². The minimum Gasteiger partial charge on any atom is -0.342 e. The quantitative estimate of drug-likeness (QED) is 0.783. The molecule has 118 valence electrons. The summed E-state index contributed by atoms with van der Waals surface area (Å²) in [5.74, 6) is 1.22. The summed E-state index contributed by atoms with van der Waals surface area (Å²) in [6.07, 6.45) is 7.75. The highest BCUT2D eigenvalue weighted by molar-refractivity contribution is 5.92. The Hall–Kier alpha value is -1.06. The number of likely N-dealkylation sites (tertiary alicyclic amines) is 2. The normalized spacial score (nSPS) is 30.9. The summed E-state index contributed by atoms with van der Waals surface area (Å²) >= 11 is 0. The molecule has 2 saturated heterocycles. The topological polar surface area (TPSA) is 40.6 Å². The van der Waals surface area contributed by atoms with Gasteiger partial charge in [0.1, 0.15) is 0 Å². The van der Waals surface area contributed by atoms with Gasteiger partial charge in [0.25, 0.3) is 0 Å². The van der Waals surface area contributed by atoms with Crippen molar-refractivity contribution in [3.05, 3.63) is 0 Å². The van der Waals surface area contributed by atoms with Crippen molar-refractivity contribution in [2.24, 2.45) is 17.8 Å². The molecule has 0 aromatic carbocycles. The Morgan fingerprint density at radius 3 is 1.76 bits per heavy atom. The van der Waals surface area contributed by atoms with Crippen LogP contribution < -0.4 is 0 Å². The summed E-state index contributed by atoms with van der Waals surface area (Å²) in [6.45, 7) is 5.84. The summed E-state index contributed by atoms with van der Waals surface area (Å²) in [5.41, 5.74) is 0. The molecule has 0 spiro atoms. The van der Waals surface area contributed by atoms with E-state index in [0.29, 0.717) is 0 Å². The van der Waals surface area contributed by atoms with Crippen molar-refractivity contribution in [3.63, 3.8) is 0 Å². The molecule has 21 heavy (non-hydrogen) atoms. The Morgan fingerprint density at radius 1 is 0.762 bits per heavy atom. The first-order valence-electron chi connectivity index (χ1n) is 8.74. The van der Waals surface area contributed by atoms with E-state index in [9.17, 15) is 9.59 Å². The molecule has 1 saturated carbocycles. The summed E-state index contributed by atoms with van der Waals surface area (Å²) < 4.78 is 0. The Balaban J connectivity index is 1.50. The van der Waals surface area contributed by atoms with Crippen LogP contribution in [0.3, 0.4) is 0 Å². The molecule has 3 rings (SSSR count). The van der Waals surface area contributed by atoms with E-state index in [2.05, 4.69) is 6.92 Å². The average Bonchev–Trinajstić information content (AvgIpc) is 3.30. The van der Waals surface area contributed by atoms with Gasteiger partial charge in [-0.25, -0.2) is 0 Å². The fourth-order valence-corrected chi connectivity index (χ4v) is 3.73. The predicted octanol–water partition coefficient (Wildman–Crippen LogP) is 2.28. The first-order chi connectivity index (χ1) is 10.2. The van der Waals surface area contributed by atoms with E-state index in [1.807, 2.05) is 9.80 Å². The molecule has 0 aromatic rings. The average molecular weight is 292 g/mol. The smallest absolute Gasteiger partial charge is 0.226 e. The molecule has 2 unspecified atom stereocenters. The summed E-state index contributed by atoms with van der Waals surface area (Å²) in [7, 11) is 0. The highest BCUT2D eigenvalue weighted by Gasteiger charge is 2.50. The number of hydrogen-bond donors (Lipinski definition) is 0. The van der Waals surface area contributed by atoms with Crippen molar-refractivity contribution in [3.8, 4) is 0 Å². The van der Waals surface area contributed by atoms with Gasteiger partial charge in [-0.15, -0.1) is 0 Å². The molecule has 2 amide bonds. The lowest BCUT2D eigenvalue weighted by Crippen LogP contribution is -2.40. The Labute approximate surface area is 127 Å². The van der Waals surface area contributed by atoms with Gasteiger partial charge < -0.3 is 9.80 Å². The summed E-state index contributed by atoms with van der Waals surface area (Å²) in [5, 5.41) is 0. The van der Waals surface area contributed by atoms with Crippen LogP contribution >= 0.6 is 0 Å². The molecule has 3 fully saturated rings. The maximum atomic E-state index is 12.5. The number of piperidine rings is 1. The van der Waals surface area contributed by atoms with Gasteiger partial charge >= 0.3 is 0 Å². The molecule has 3 aliphatic rings. The van der Waals surface area contributed by atoms with Gasteiger partial charge in [-0.3, -0.25) is 9.59 Å². The maximum absolute atomic E-state index is 12.5. The zero-order valence-electron chi connectivity index (χ0n) is 13.2. The highest BCUT2D eigenvalue weighted by Crippen LogP contribution is 2.42. The van der Waals surface area contributed by atoms with E-state index >= 15 is 0 Å². The zero-order valence-corrected chi connectivity index (χ0v) is 13.2. The summed E-state index contributed by atoms with van der Waals surface area (Å²) in [6, 6.07) is 0. The zero-order chi connectivity index (χ0) is 14.8. The van der Waals surface area contributed by atoms with Gasteiger partial charge in [-0.05, 0) is 38.0 Å². The molecule has 2 atom stereocenters. The van der Waals surface area contributed by atoms with E-state index in [1.54, 1.807) is 0 Å². The number of carbonyl (C=O) groups is 2. The van der Waals surface area contributed by atoms with E-state index in [0.717, 1.165) is 64.2 Å². The fraction of sp³-hybridized carbons (Fsp3) is 0.882. The first kappa shape index (κ1) is 14.9. The highest BCUT2D eigenvalue weighted by atomic mass is 16.2. The van der Waals surface area contributed by atoms with Gasteiger partial charge in [0.15, 0.2) is 0 Å². The first-order valence-corrected chi connectivity index (χ1v) is 8.74. The minimum absolute atomic E-state index is 0.00468. The Bertz CT molecular complexity index is 394. The molecular formula is C17H28N2O2. The molecule has 2 heterocycles. The molecular weight excluding hydrogens is 264 g/mol. The van der Waals surface area contributed by atoms with Gasteiger partial charge in [-0.2, -0.15) is 0 Å². The Morgan fingerprint density at radius 2 is 1.24 bits per heavy atom. The van der Waals surface area contributed by atoms with Crippen LogP contribution in [-0.2, 0) is 9.59 Å². The lowest BCUT2D eigenvalue weighted by atomic mass is 9.99. The lowest BCUT2D eigenvalue weighted by Gasteiger charge is -2.30. The van der Waals surface area contributed by atoms with Gasteiger partial charge in [0, 0.05) is 26.2 Å². The van der Waals surface area contributed by atoms with Crippen LogP contribution in [0.2, 0.25) is 0 Å². The molecule has 1 aliphatic carbocycles. The van der Waals surface area contributed by atoms with E-state index in [-0.39, 0.29) is 23.7 Å². The minimum atomic E-state index is -0.00541. The molecule has 2 aliphatic heterocycles. The largest absolute Gasteiger partial charge is 0.342 e. The Kier molecular flexibility index (Phi) is 4.51. The molecule has 0 N–H and O–H groups in total. The van der Waals surface area contributed by atoms with E-state index in [1.165, 1.54) is 12.8 Å². The maximum Gasteiger partial charge on any atom is 0.226 e. The SMILES string of the molecule is CC1CCN(C(=O)C2CC2C(=O)N2CCCCCC2)CC1. The van der Waals surface area contributed by atoms with Crippen LogP contribution in [0, 0.1) is 17.8 Å². The molecule has 4 nitrogen and oxygen atoms in total. The van der Waals surface area contributed by atoms with Gasteiger partial charge in [0.05, 0.1) is 11.8 Å². The number of rotatable bonds is 2. The number of carbonyl (C=O) groups excluding carboxylic acids is 2. The van der Waals surface area contributed by atoms with Crippen molar-refractivity contribution < 1.29 is 9.59 Å². The third kappa shape index (κ3) is 3.41. The molecule has 4 heteroatoms. The molecule has 0 bridgehead atoms. The van der Waals surface area contributed by atoms with Crippen LogP contribution in [0.25, 0.3) is 0 Å². The van der Waals surface area contributed by atoms with Crippen LogP contribution in [0.4, 0.5) is 0 Å². The predicted molar refractivity (Wildman–Crippen MR) is 81.6 cm³/mol. The van der Waals surface area contributed by atoms with Crippen molar-refractivity contribution in [1.29, 1.82) is 0 Å². The third-order valence-electron chi connectivity index (χ3n) is 5.44. The van der Waals surface area contributed by atoms with Gasteiger partial charge in [0.2, 0.25) is 11.8 Å². The van der Waals surface area contributed by atoms with Gasteiger partial charge in [-0.1, -0.05) is 19.8 Å². The fourth-order valence-electron chi connectivity index (χ4n) is 3.73. The van der Waals surface area contributed by atoms with Crippen molar-refractivity contribution >= 4 is 11.8 Å². The second-order valence-electron chi connectivity index (χ2n) is 7.20. The number of nitrogens with zero attached hydrogens (tertiary/aromatic N) is 2. The lowest BCUT2D eigenvalue weighted by molar-refractivity contribution is -0.138. The van der Waals surface area contributed by atoms with Crippen LogP contribution in [0.15, 0.2) is 0 Å². The third-order valence-corrected chi connectivity index (χ3v) is 5.44. The van der Waals surface area contributed by atoms with E-state index in [4.69, 9.17) is 0 Å². The van der Waals surface area contributed by atoms with Crippen molar-refractivity contribution in [2.75, 3.05) is 26.2 Å². The van der Waals surface area contributed by atoms with Crippen LogP contribution in [-0.4, -0.2) is 47.8 Å². The summed E-state index contributed by atoms with van der Waals surface area (Å²) in [4.78, 5) is 29.0. The van der Waals surface area contributed by atoms with Crippen molar-refractivity contribution in [2.45, 2.75) is 51.9 Å². The monoisotopic (exact) mass is 292 g/mol. The number of amides is 2. The number of hydrogen-bond acceptors (Lipinski definition) is 2. The van der Waals surface area contributed by atoms with E-state index < -0.39 is 0 Å².